The van der Waals surface area contributed by atoms with Crippen molar-refractivity contribution >= 4 is 7.60 Å². The molecule has 2 aromatic carbocycles. The van der Waals surface area contributed by atoms with Crippen LogP contribution in [0, 0.1) is 0 Å². The van der Waals surface area contributed by atoms with Gasteiger partial charge in [0.2, 0.25) is 0 Å². The number of aliphatic hydroxyl groups is 1. The molecule has 0 saturated heterocycles. The maximum atomic E-state index is 11.0. The van der Waals surface area contributed by atoms with Crippen LogP contribution in [-0.4, -0.2) is 38.6 Å². The second kappa shape index (κ2) is 9.11. The van der Waals surface area contributed by atoms with Crippen molar-refractivity contribution in [2.45, 2.75) is 25.6 Å². The molecule has 0 spiro atoms. The number of hydrogen-bond acceptors (Lipinski definition) is 3. The van der Waals surface area contributed by atoms with Gasteiger partial charge in [0, 0.05) is 19.6 Å². The number of aliphatic hydroxyl groups excluding tert-OH is 1. The van der Waals surface area contributed by atoms with Crippen LogP contribution in [0.3, 0.4) is 0 Å². The van der Waals surface area contributed by atoms with Gasteiger partial charge in [-0.3, -0.25) is 9.46 Å². The molecule has 0 aliphatic carbocycles. The van der Waals surface area contributed by atoms with E-state index in [0.717, 1.165) is 11.1 Å². The zero-order chi connectivity index (χ0) is 17.4. The fourth-order valence-electron chi connectivity index (χ4n) is 2.57. The summed E-state index contributed by atoms with van der Waals surface area (Å²) in [5, 5.41) is 10.2. The summed E-state index contributed by atoms with van der Waals surface area (Å²) in [6, 6.07) is 19.9. The summed E-state index contributed by atoms with van der Waals surface area (Å²) in [4.78, 5) is 20.0. The molecule has 130 valence electrons. The van der Waals surface area contributed by atoms with Gasteiger partial charge in [0.1, 0.15) is 0 Å². The van der Waals surface area contributed by atoms with E-state index in [1.807, 2.05) is 60.7 Å². The van der Waals surface area contributed by atoms with Crippen molar-refractivity contribution in [1.82, 2.24) is 4.90 Å². The van der Waals surface area contributed by atoms with Gasteiger partial charge in [0.15, 0.2) is 0 Å². The summed E-state index contributed by atoms with van der Waals surface area (Å²) in [5.41, 5.74) is 2.27. The number of hydrogen-bond donors (Lipinski definition) is 3. The third-order valence-corrected chi connectivity index (χ3v) is 4.56. The lowest BCUT2D eigenvalue weighted by molar-refractivity contribution is 0.101. The highest BCUT2D eigenvalue weighted by atomic mass is 31.2. The quantitative estimate of drug-likeness (QED) is 0.607. The predicted octanol–water partition coefficient (Wildman–Crippen LogP) is 2.62. The minimum atomic E-state index is -4.07. The van der Waals surface area contributed by atoms with E-state index in [0.29, 0.717) is 19.6 Å². The standard InChI is InChI=1S/C18H24NO4P/c20-18(11-12-24(21,22)23)15-19(13-16-7-3-1-4-8-16)14-17-9-5-2-6-10-17/h1-10,18,20H,11-15H2,(H2,21,22,23). The highest BCUT2D eigenvalue weighted by Gasteiger charge is 2.18. The van der Waals surface area contributed by atoms with Crippen LogP contribution in [0.1, 0.15) is 17.5 Å². The van der Waals surface area contributed by atoms with E-state index < -0.39 is 13.7 Å². The van der Waals surface area contributed by atoms with Crippen molar-refractivity contribution in [2.75, 3.05) is 12.7 Å². The van der Waals surface area contributed by atoms with Crippen LogP contribution in [0.2, 0.25) is 0 Å². The maximum absolute atomic E-state index is 11.0. The fourth-order valence-corrected chi connectivity index (χ4v) is 3.21. The molecule has 5 nitrogen and oxygen atoms in total. The molecule has 0 fully saturated rings. The molecule has 0 aromatic heterocycles. The van der Waals surface area contributed by atoms with Crippen LogP contribution in [0.4, 0.5) is 0 Å². The van der Waals surface area contributed by atoms with Crippen molar-refractivity contribution in [1.29, 1.82) is 0 Å². The first kappa shape index (κ1) is 18.8. The zero-order valence-electron chi connectivity index (χ0n) is 13.5. The van der Waals surface area contributed by atoms with Gasteiger partial charge in [-0.15, -0.1) is 0 Å². The zero-order valence-corrected chi connectivity index (χ0v) is 14.4. The Morgan fingerprint density at radius 1 is 0.875 bits per heavy atom. The van der Waals surface area contributed by atoms with Crippen molar-refractivity contribution in [3.63, 3.8) is 0 Å². The first-order valence-electron chi connectivity index (χ1n) is 7.95. The van der Waals surface area contributed by atoms with E-state index in [1.54, 1.807) is 0 Å². The van der Waals surface area contributed by atoms with E-state index in [4.69, 9.17) is 9.79 Å². The predicted molar refractivity (Wildman–Crippen MR) is 94.5 cm³/mol. The molecule has 0 heterocycles. The molecule has 0 aliphatic heterocycles. The molecule has 3 N–H and O–H groups in total. The van der Waals surface area contributed by atoms with Gasteiger partial charge in [-0.2, -0.15) is 0 Å². The van der Waals surface area contributed by atoms with Crippen LogP contribution < -0.4 is 0 Å². The van der Waals surface area contributed by atoms with Crippen molar-refractivity contribution < 1.29 is 19.5 Å². The van der Waals surface area contributed by atoms with Crippen LogP contribution >= 0.6 is 7.60 Å². The molecule has 2 rings (SSSR count). The first-order chi connectivity index (χ1) is 11.4. The summed E-state index contributed by atoms with van der Waals surface area (Å²) in [6.07, 6.45) is -0.978. The molecule has 24 heavy (non-hydrogen) atoms. The van der Waals surface area contributed by atoms with Crippen molar-refractivity contribution in [2.24, 2.45) is 0 Å². The second-order valence-corrected chi connectivity index (χ2v) is 7.75. The largest absolute Gasteiger partial charge is 0.392 e. The lowest BCUT2D eigenvalue weighted by atomic mass is 10.1. The fraction of sp³-hybridized carbons (Fsp3) is 0.333. The third-order valence-electron chi connectivity index (χ3n) is 3.72. The number of benzene rings is 2. The summed E-state index contributed by atoms with van der Waals surface area (Å²) in [6.45, 7) is 1.70. The Kier molecular flexibility index (Phi) is 7.16. The summed E-state index contributed by atoms with van der Waals surface area (Å²) in [5.74, 6) is 0. The molecule has 0 radical (unpaired) electrons. The van der Waals surface area contributed by atoms with Crippen LogP contribution in [0.15, 0.2) is 60.7 Å². The van der Waals surface area contributed by atoms with Gasteiger partial charge >= 0.3 is 7.60 Å². The van der Waals surface area contributed by atoms with E-state index >= 15 is 0 Å². The summed E-state index contributed by atoms with van der Waals surface area (Å²) in [7, 11) is -4.07. The van der Waals surface area contributed by atoms with E-state index in [1.165, 1.54) is 0 Å². The van der Waals surface area contributed by atoms with Crippen molar-refractivity contribution in [3.05, 3.63) is 71.8 Å². The van der Waals surface area contributed by atoms with Gasteiger partial charge in [0.25, 0.3) is 0 Å². The van der Waals surface area contributed by atoms with Gasteiger partial charge in [-0.25, -0.2) is 0 Å². The molecule has 6 heteroatoms. The third kappa shape index (κ3) is 7.39. The topological polar surface area (TPSA) is 81.0 Å². The van der Waals surface area contributed by atoms with Gasteiger partial charge < -0.3 is 14.9 Å². The molecule has 0 saturated carbocycles. The van der Waals surface area contributed by atoms with Crippen LogP contribution in [-0.2, 0) is 17.7 Å². The van der Waals surface area contributed by atoms with Gasteiger partial charge in [-0.1, -0.05) is 60.7 Å². The minimum Gasteiger partial charge on any atom is -0.392 e. The van der Waals surface area contributed by atoms with Gasteiger partial charge in [-0.05, 0) is 17.5 Å². The monoisotopic (exact) mass is 349 g/mol. The average Bonchev–Trinajstić information content (AvgIpc) is 2.54. The molecule has 0 aliphatic rings. The Balaban J connectivity index is 2.00. The Morgan fingerprint density at radius 2 is 1.33 bits per heavy atom. The second-order valence-electron chi connectivity index (χ2n) is 5.97. The Bertz CT molecular complexity index is 603. The first-order valence-corrected chi connectivity index (χ1v) is 9.75. The molecular weight excluding hydrogens is 325 g/mol. The SMILES string of the molecule is O=P(O)(O)CCC(O)CN(Cc1ccccc1)Cc1ccccc1. The Hall–Kier alpha value is -1.49. The molecule has 1 unspecified atom stereocenters. The normalized spacial score (nSPS) is 13.2. The summed E-state index contributed by atoms with van der Waals surface area (Å²) >= 11 is 0. The smallest absolute Gasteiger partial charge is 0.325 e. The van der Waals surface area contributed by atoms with Crippen molar-refractivity contribution in [3.8, 4) is 0 Å². The lowest BCUT2D eigenvalue weighted by Crippen LogP contribution is -2.32. The maximum Gasteiger partial charge on any atom is 0.325 e. The van der Waals surface area contributed by atoms with E-state index in [-0.39, 0.29) is 12.6 Å². The van der Waals surface area contributed by atoms with Crippen LogP contribution in [0.25, 0.3) is 0 Å². The number of nitrogens with zero attached hydrogens (tertiary/aromatic N) is 1. The highest BCUT2D eigenvalue weighted by molar-refractivity contribution is 7.51. The Morgan fingerprint density at radius 3 is 1.75 bits per heavy atom. The van der Waals surface area contributed by atoms with E-state index in [2.05, 4.69) is 4.90 Å². The molecule has 0 amide bonds. The van der Waals surface area contributed by atoms with Gasteiger partial charge in [0.05, 0.1) is 12.3 Å². The summed E-state index contributed by atoms with van der Waals surface area (Å²) < 4.78 is 11.0. The molecule has 1 atom stereocenters. The number of rotatable bonds is 9. The molecular formula is C18H24NO4P. The molecule has 0 bridgehead atoms. The van der Waals surface area contributed by atoms with Crippen LogP contribution in [0.5, 0.6) is 0 Å². The minimum absolute atomic E-state index is 0.0877. The van der Waals surface area contributed by atoms with E-state index in [9.17, 15) is 9.67 Å². The average molecular weight is 349 g/mol. The Labute approximate surface area is 142 Å². The highest BCUT2D eigenvalue weighted by Crippen LogP contribution is 2.35. The molecule has 2 aromatic rings. The lowest BCUT2D eigenvalue weighted by Gasteiger charge is -2.25.